The molecule has 0 saturated carbocycles. The minimum absolute atomic E-state index is 0.154. The van der Waals surface area contributed by atoms with Crippen molar-refractivity contribution in [1.29, 1.82) is 0 Å². The Balaban J connectivity index is 2.86. The third-order valence-corrected chi connectivity index (χ3v) is 3.48. The molecule has 0 N–H and O–H groups in total. The summed E-state index contributed by atoms with van der Waals surface area (Å²) in [7, 11) is 1.92. The monoisotopic (exact) mass is 234 g/mol. The van der Waals surface area contributed by atoms with Crippen molar-refractivity contribution in [2.75, 3.05) is 0 Å². The number of aromatic nitrogens is 2. The highest BCUT2D eigenvalue weighted by molar-refractivity contribution is 6.31. The van der Waals surface area contributed by atoms with Gasteiger partial charge in [-0.1, -0.05) is 18.5 Å². The fourth-order valence-electron chi connectivity index (χ4n) is 1.37. The zero-order valence-corrected chi connectivity index (χ0v) is 10.5. The molecule has 1 rings (SSSR count). The summed E-state index contributed by atoms with van der Waals surface area (Å²) in [5.74, 6) is 0.406. The molecule has 2 unspecified atom stereocenters. The van der Waals surface area contributed by atoms with Crippen molar-refractivity contribution < 1.29 is 0 Å². The molecule has 0 saturated heterocycles. The average Bonchev–Trinajstić information content (AvgIpc) is 2.32. The van der Waals surface area contributed by atoms with Crippen LogP contribution in [-0.4, -0.2) is 15.2 Å². The van der Waals surface area contributed by atoms with Crippen molar-refractivity contribution in [3.63, 3.8) is 0 Å². The van der Waals surface area contributed by atoms with E-state index in [1.54, 1.807) is 0 Å². The quantitative estimate of drug-likeness (QED) is 0.735. The Morgan fingerprint density at radius 3 is 2.36 bits per heavy atom. The van der Waals surface area contributed by atoms with Crippen molar-refractivity contribution in [3.05, 3.63) is 16.4 Å². The van der Waals surface area contributed by atoms with Crippen LogP contribution in [0.25, 0.3) is 0 Å². The van der Waals surface area contributed by atoms with E-state index in [1.807, 2.05) is 25.6 Å². The highest BCUT2D eigenvalue weighted by Crippen LogP contribution is 2.24. The molecule has 14 heavy (non-hydrogen) atoms. The topological polar surface area (TPSA) is 17.8 Å². The van der Waals surface area contributed by atoms with Gasteiger partial charge in [-0.05, 0) is 26.2 Å². The number of hydrogen-bond donors (Lipinski definition) is 0. The van der Waals surface area contributed by atoms with Crippen LogP contribution >= 0.6 is 23.2 Å². The van der Waals surface area contributed by atoms with Crippen LogP contribution < -0.4 is 0 Å². The molecule has 2 atom stereocenters. The SMILES string of the molecule is Cc1nn(C)c(CC(C)C(C)Cl)c1Cl. The van der Waals surface area contributed by atoms with E-state index in [9.17, 15) is 0 Å². The second-order valence-electron chi connectivity index (χ2n) is 3.83. The van der Waals surface area contributed by atoms with E-state index in [0.717, 1.165) is 22.8 Å². The number of halogens is 2. The third kappa shape index (κ3) is 2.43. The first-order valence-corrected chi connectivity index (χ1v) is 5.57. The van der Waals surface area contributed by atoms with Gasteiger partial charge in [0, 0.05) is 12.4 Å². The van der Waals surface area contributed by atoms with Gasteiger partial charge in [0.1, 0.15) is 0 Å². The summed E-state index contributed by atoms with van der Waals surface area (Å²) >= 11 is 12.2. The molecule has 0 amide bonds. The minimum Gasteiger partial charge on any atom is -0.271 e. The van der Waals surface area contributed by atoms with Crippen molar-refractivity contribution in [3.8, 4) is 0 Å². The first-order valence-electron chi connectivity index (χ1n) is 4.75. The maximum atomic E-state index is 6.14. The molecule has 0 fully saturated rings. The zero-order valence-electron chi connectivity index (χ0n) is 9.01. The predicted molar refractivity (Wildman–Crippen MR) is 61.1 cm³/mol. The van der Waals surface area contributed by atoms with E-state index in [2.05, 4.69) is 12.0 Å². The van der Waals surface area contributed by atoms with Crippen LogP contribution in [0.4, 0.5) is 0 Å². The molecule has 0 aliphatic rings. The van der Waals surface area contributed by atoms with Crippen LogP contribution in [-0.2, 0) is 13.5 Å². The molecular formula is C10H16Cl2N2. The van der Waals surface area contributed by atoms with Crippen LogP contribution in [0.2, 0.25) is 5.02 Å². The normalized spacial score (nSPS) is 15.6. The summed E-state index contributed by atoms with van der Waals surface area (Å²) in [6, 6.07) is 0. The van der Waals surface area contributed by atoms with Gasteiger partial charge in [-0.2, -0.15) is 5.10 Å². The number of aryl methyl sites for hydroxylation is 2. The molecule has 0 radical (unpaired) electrons. The molecule has 4 heteroatoms. The van der Waals surface area contributed by atoms with Gasteiger partial charge >= 0.3 is 0 Å². The van der Waals surface area contributed by atoms with Crippen molar-refractivity contribution >= 4 is 23.2 Å². The van der Waals surface area contributed by atoms with E-state index in [4.69, 9.17) is 23.2 Å². The molecule has 0 aliphatic heterocycles. The Morgan fingerprint density at radius 1 is 1.43 bits per heavy atom. The minimum atomic E-state index is 0.154. The fourth-order valence-corrected chi connectivity index (χ4v) is 1.70. The lowest BCUT2D eigenvalue weighted by Gasteiger charge is -2.13. The van der Waals surface area contributed by atoms with Gasteiger partial charge in [-0.3, -0.25) is 4.68 Å². The lowest BCUT2D eigenvalue weighted by molar-refractivity contribution is 0.539. The molecule has 1 aromatic heterocycles. The number of rotatable bonds is 3. The maximum absolute atomic E-state index is 6.14. The summed E-state index contributed by atoms with van der Waals surface area (Å²) in [6.07, 6.45) is 0.876. The van der Waals surface area contributed by atoms with Crippen LogP contribution in [0, 0.1) is 12.8 Å². The van der Waals surface area contributed by atoms with E-state index in [1.165, 1.54) is 0 Å². The Labute approximate surface area is 95.2 Å². The molecule has 2 nitrogen and oxygen atoms in total. The molecule has 0 aromatic carbocycles. The van der Waals surface area contributed by atoms with Gasteiger partial charge in [-0.25, -0.2) is 0 Å². The Morgan fingerprint density at radius 2 is 2.00 bits per heavy atom. The number of nitrogens with zero attached hydrogens (tertiary/aromatic N) is 2. The summed E-state index contributed by atoms with van der Waals surface area (Å²) in [5.41, 5.74) is 1.96. The molecular weight excluding hydrogens is 219 g/mol. The van der Waals surface area contributed by atoms with Gasteiger partial charge in [0.15, 0.2) is 0 Å². The molecule has 1 aromatic rings. The molecule has 0 bridgehead atoms. The molecule has 0 spiro atoms. The first kappa shape index (κ1) is 11.9. The summed E-state index contributed by atoms with van der Waals surface area (Å²) in [6.45, 7) is 6.04. The summed E-state index contributed by atoms with van der Waals surface area (Å²) in [5, 5.41) is 5.19. The van der Waals surface area contributed by atoms with Gasteiger partial charge in [0.2, 0.25) is 0 Å². The van der Waals surface area contributed by atoms with Gasteiger partial charge < -0.3 is 0 Å². The lowest BCUT2D eigenvalue weighted by atomic mass is 10.0. The van der Waals surface area contributed by atoms with Gasteiger partial charge in [0.05, 0.1) is 16.4 Å². The molecule has 0 aliphatic carbocycles. The number of alkyl halides is 1. The molecule has 80 valence electrons. The van der Waals surface area contributed by atoms with E-state index in [-0.39, 0.29) is 5.38 Å². The van der Waals surface area contributed by atoms with Crippen molar-refractivity contribution in [2.24, 2.45) is 13.0 Å². The van der Waals surface area contributed by atoms with Crippen LogP contribution in [0.3, 0.4) is 0 Å². The Hall–Kier alpha value is -0.210. The average molecular weight is 235 g/mol. The zero-order chi connectivity index (χ0) is 10.9. The van der Waals surface area contributed by atoms with Crippen LogP contribution in [0.15, 0.2) is 0 Å². The number of hydrogen-bond acceptors (Lipinski definition) is 1. The van der Waals surface area contributed by atoms with E-state index >= 15 is 0 Å². The van der Waals surface area contributed by atoms with Gasteiger partial charge in [-0.15, -0.1) is 11.6 Å². The Kier molecular flexibility index (Phi) is 3.85. The van der Waals surface area contributed by atoms with Crippen molar-refractivity contribution in [2.45, 2.75) is 32.6 Å². The van der Waals surface area contributed by atoms with Crippen molar-refractivity contribution in [1.82, 2.24) is 9.78 Å². The lowest BCUT2D eigenvalue weighted by Crippen LogP contribution is -2.13. The first-order chi connectivity index (χ1) is 6.43. The van der Waals surface area contributed by atoms with Crippen LogP contribution in [0.1, 0.15) is 25.2 Å². The van der Waals surface area contributed by atoms with Crippen LogP contribution in [0.5, 0.6) is 0 Å². The predicted octanol–water partition coefficient (Wildman–Crippen LogP) is 3.19. The van der Waals surface area contributed by atoms with E-state index < -0.39 is 0 Å². The smallest absolute Gasteiger partial charge is 0.0847 e. The summed E-state index contributed by atoms with van der Waals surface area (Å²) < 4.78 is 1.84. The summed E-state index contributed by atoms with van der Waals surface area (Å²) in [4.78, 5) is 0. The van der Waals surface area contributed by atoms with Gasteiger partial charge in [0.25, 0.3) is 0 Å². The van der Waals surface area contributed by atoms with E-state index in [0.29, 0.717) is 5.92 Å². The highest BCUT2D eigenvalue weighted by Gasteiger charge is 2.16. The highest BCUT2D eigenvalue weighted by atomic mass is 35.5. The standard InChI is InChI=1S/C10H16Cl2N2/c1-6(7(2)11)5-9-10(12)8(3)13-14(9)4/h6-7H,5H2,1-4H3. The third-order valence-electron chi connectivity index (χ3n) is 2.56. The second-order valence-corrected chi connectivity index (χ2v) is 4.90. The largest absolute Gasteiger partial charge is 0.271 e. The maximum Gasteiger partial charge on any atom is 0.0847 e. The fraction of sp³-hybridized carbons (Fsp3) is 0.700. The molecule has 1 heterocycles. The Bertz CT molecular complexity index is 318. The second kappa shape index (κ2) is 4.54.